The Morgan fingerprint density at radius 1 is 1.37 bits per heavy atom. The average molecular weight is 286 g/mol. The van der Waals surface area contributed by atoms with Gasteiger partial charge in [-0.2, -0.15) is 4.37 Å². The summed E-state index contributed by atoms with van der Waals surface area (Å²) in [5.74, 6) is -0.472. The second-order valence-electron chi connectivity index (χ2n) is 4.11. The summed E-state index contributed by atoms with van der Waals surface area (Å²) in [6.45, 7) is 2.11. The molecular weight excluding hydrogens is 268 g/mol. The summed E-state index contributed by atoms with van der Waals surface area (Å²) < 4.78 is 8.88. The van der Waals surface area contributed by atoms with Gasteiger partial charge in [-0.15, -0.1) is 0 Å². The molecule has 106 valence electrons. The molecule has 0 aliphatic rings. The van der Waals surface area contributed by atoms with E-state index in [9.17, 15) is 9.59 Å². The second-order valence-corrected chi connectivity index (χ2v) is 4.86. The van der Waals surface area contributed by atoms with Crippen molar-refractivity contribution >= 4 is 34.2 Å². The highest BCUT2D eigenvalue weighted by atomic mass is 32.1. The van der Waals surface area contributed by atoms with Gasteiger partial charge >= 0.3 is 5.97 Å². The molecule has 0 saturated heterocycles. The molecule has 0 spiro atoms. The fraction of sp³-hybridized carbons (Fsp3) is 0.545. The first-order valence-electron chi connectivity index (χ1n) is 5.72. The van der Waals surface area contributed by atoms with Crippen LogP contribution in [0.5, 0.6) is 0 Å². The summed E-state index contributed by atoms with van der Waals surface area (Å²) in [5, 5.41) is 0.533. The van der Waals surface area contributed by atoms with Crippen molar-refractivity contribution in [1.82, 2.24) is 9.27 Å². The van der Waals surface area contributed by atoms with Crippen LogP contribution in [0.25, 0.3) is 0 Å². The van der Waals surface area contributed by atoms with Gasteiger partial charge in [0.15, 0.2) is 5.82 Å². The van der Waals surface area contributed by atoms with Crippen LogP contribution in [0.15, 0.2) is 0 Å². The maximum atomic E-state index is 11.8. The van der Waals surface area contributed by atoms with E-state index >= 15 is 0 Å². The third kappa shape index (κ3) is 3.57. The van der Waals surface area contributed by atoms with Gasteiger partial charge in [-0.1, -0.05) is 0 Å². The molecule has 0 fully saturated rings. The Balaban J connectivity index is 2.95. The Morgan fingerprint density at radius 3 is 2.53 bits per heavy atom. The first-order chi connectivity index (χ1) is 8.88. The van der Waals surface area contributed by atoms with Crippen LogP contribution in [0, 0.1) is 0 Å². The molecule has 0 aliphatic heterocycles. The molecule has 1 amide bonds. The molecule has 0 aromatic carbocycles. The number of aromatic nitrogens is 1. The minimum Gasteiger partial charge on any atom is -0.462 e. The smallest absolute Gasteiger partial charge is 0.345 e. The van der Waals surface area contributed by atoms with Crippen molar-refractivity contribution in [3.8, 4) is 0 Å². The fourth-order valence-corrected chi connectivity index (χ4v) is 2.12. The lowest BCUT2D eigenvalue weighted by Crippen LogP contribution is -2.34. The lowest BCUT2D eigenvalue weighted by atomic mass is 10.3. The molecule has 0 aliphatic carbocycles. The number of likely N-dealkylation sites (N-methyl/N-ethyl adjacent to an activating group) is 2. The van der Waals surface area contributed by atoms with Gasteiger partial charge in [-0.05, 0) is 18.5 Å². The van der Waals surface area contributed by atoms with Crippen LogP contribution in [-0.2, 0) is 9.53 Å². The van der Waals surface area contributed by atoms with Crippen LogP contribution in [0.3, 0.4) is 0 Å². The van der Waals surface area contributed by atoms with E-state index in [1.807, 2.05) is 0 Å². The molecule has 1 rings (SSSR count). The quantitative estimate of drug-likeness (QED) is 0.789. The number of rotatable bonds is 5. The van der Waals surface area contributed by atoms with E-state index in [1.54, 1.807) is 33.0 Å². The lowest BCUT2D eigenvalue weighted by molar-refractivity contribution is -0.127. The second kappa shape index (κ2) is 6.37. The number of hydrogen-bond acceptors (Lipinski definition) is 7. The SMILES string of the molecule is CCOC(=O)c1c(N)nsc1N(C)CC(=O)N(C)C. The van der Waals surface area contributed by atoms with Crippen LogP contribution in [0.4, 0.5) is 10.8 Å². The average Bonchev–Trinajstić information content (AvgIpc) is 2.71. The molecule has 0 radical (unpaired) electrons. The zero-order valence-corrected chi connectivity index (χ0v) is 12.3. The summed E-state index contributed by atoms with van der Waals surface area (Å²) in [6.07, 6.45) is 0. The number of esters is 1. The van der Waals surface area contributed by atoms with Crippen molar-refractivity contribution in [3.05, 3.63) is 5.56 Å². The van der Waals surface area contributed by atoms with Gasteiger partial charge in [0.05, 0.1) is 13.2 Å². The third-order valence-electron chi connectivity index (χ3n) is 2.40. The van der Waals surface area contributed by atoms with Crippen molar-refractivity contribution < 1.29 is 14.3 Å². The highest BCUT2D eigenvalue weighted by Gasteiger charge is 2.24. The maximum absolute atomic E-state index is 11.8. The molecule has 1 aromatic heterocycles. The summed E-state index contributed by atoms with van der Waals surface area (Å²) >= 11 is 1.07. The molecule has 8 heteroatoms. The minimum atomic E-state index is -0.520. The Morgan fingerprint density at radius 2 is 2.00 bits per heavy atom. The first-order valence-corrected chi connectivity index (χ1v) is 6.49. The summed E-state index contributed by atoms with van der Waals surface area (Å²) in [4.78, 5) is 26.6. The van der Waals surface area contributed by atoms with Crippen LogP contribution in [0.1, 0.15) is 17.3 Å². The Kier molecular flexibility index (Phi) is 5.11. The topological polar surface area (TPSA) is 88.8 Å². The summed E-state index contributed by atoms with van der Waals surface area (Å²) in [5.41, 5.74) is 5.90. The Labute approximate surface area is 116 Å². The van der Waals surface area contributed by atoms with E-state index in [0.717, 1.165) is 11.5 Å². The van der Waals surface area contributed by atoms with Gasteiger partial charge in [0.25, 0.3) is 0 Å². The number of anilines is 2. The van der Waals surface area contributed by atoms with E-state index in [-0.39, 0.29) is 30.4 Å². The molecular formula is C11H18N4O3S. The van der Waals surface area contributed by atoms with E-state index < -0.39 is 5.97 Å². The van der Waals surface area contributed by atoms with E-state index in [4.69, 9.17) is 10.5 Å². The van der Waals surface area contributed by atoms with Crippen molar-refractivity contribution in [2.24, 2.45) is 0 Å². The van der Waals surface area contributed by atoms with Crippen LogP contribution in [0.2, 0.25) is 0 Å². The number of nitrogen functional groups attached to an aromatic ring is 1. The lowest BCUT2D eigenvalue weighted by Gasteiger charge is -2.19. The van der Waals surface area contributed by atoms with Crippen molar-refractivity contribution in [3.63, 3.8) is 0 Å². The van der Waals surface area contributed by atoms with Gasteiger partial charge in [0, 0.05) is 21.1 Å². The number of amides is 1. The molecule has 0 atom stereocenters. The Bertz CT molecular complexity index is 473. The normalized spacial score (nSPS) is 10.1. The number of ether oxygens (including phenoxy) is 1. The largest absolute Gasteiger partial charge is 0.462 e. The molecule has 0 bridgehead atoms. The summed E-state index contributed by atoms with van der Waals surface area (Å²) in [6, 6.07) is 0. The van der Waals surface area contributed by atoms with Crippen LogP contribution in [-0.4, -0.2) is 55.4 Å². The van der Waals surface area contributed by atoms with Gasteiger partial charge in [0.1, 0.15) is 10.6 Å². The van der Waals surface area contributed by atoms with E-state index in [2.05, 4.69) is 4.37 Å². The van der Waals surface area contributed by atoms with Crippen LogP contribution >= 0.6 is 11.5 Å². The predicted molar refractivity (Wildman–Crippen MR) is 74.4 cm³/mol. The number of carbonyl (C=O) groups is 2. The molecule has 7 nitrogen and oxygen atoms in total. The van der Waals surface area contributed by atoms with Gasteiger partial charge in [-0.3, -0.25) is 4.79 Å². The molecule has 2 N–H and O–H groups in total. The van der Waals surface area contributed by atoms with E-state index in [0.29, 0.717) is 5.00 Å². The van der Waals surface area contributed by atoms with Crippen LogP contribution < -0.4 is 10.6 Å². The van der Waals surface area contributed by atoms with Gasteiger partial charge < -0.3 is 20.3 Å². The number of nitrogens with zero attached hydrogens (tertiary/aromatic N) is 3. The zero-order chi connectivity index (χ0) is 14.6. The van der Waals surface area contributed by atoms with Crippen molar-refractivity contribution in [2.45, 2.75) is 6.92 Å². The Hall–Kier alpha value is -1.83. The van der Waals surface area contributed by atoms with Gasteiger partial charge in [0.2, 0.25) is 5.91 Å². The number of carbonyl (C=O) groups excluding carboxylic acids is 2. The molecule has 0 saturated carbocycles. The molecule has 1 aromatic rings. The third-order valence-corrected chi connectivity index (χ3v) is 3.37. The molecule has 19 heavy (non-hydrogen) atoms. The first kappa shape index (κ1) is 15.2. The standard InChI is InChI=1S/C11H18N4O3S/c1-5-18-11(17)8-9(12)13-19-10(8)15(4)6-7(16)14(2)3/h5-6H2,1-4H3,(H2,12,13). The monoisotopic (exact) mass is 286 g/mol. The molecule has 1 heterocycles. The number of hydrogen-bond donors (Lipinski definition) is 1. The van der Waals surface area contributed by atoms with Gasteiger partial charge in [-0.25, -0.2) is 4.79 Å². The predicted octanol–water partition coefficient (Wildman–Crippen LogP) is 0.426. The van der Waals surface area contributed by atoms with Crippen molar-refractivity contribution in [1.29, 1.82) is 0 Å². The maximum Gasteiger partial charge on any atom is 0.345 e. The highest BCUT2D eigenvalue weighted by Crippen LogP contribution is 2.30. The highest BCUT2D eigenvalue weighted by molar-refractivity contribution is 7.11. The fourth-order valence-electron chi connectivity index (χ4n) is 1.37. The molecule has 0 unspecified atom stereocenters. The minimum absolute atomic E-state index is 0.0794. The van der Waals surface area contributed by atoms with E-state index in [1.165, 1.54) is 4.90 Å². The number of nitrogens with two attached hydrogens (primary N) is 1. The van der Waals surface area contributed by atoms with Crippen molar-refractivity contribution in [2.75, 3.05) is 44.9 Å². The zero-order valence-electron chi connectivity index (χ0n) is 11.5. The summed E-state index contributed by atoms with van der Waals surface area (Å²) in [7, 11) is 5.05.